The number of amides is 2. The maximum absolute atomic E-state index is 13.4. The topological polar surface area (TPSA) is 58.6 Å². The standard InChI is InChI=1S/C26H36N2O3/c1-7-20(5)27-26(30)24(8-2)28(17-21-11-13-23(31-6)14-12-21)25(29)16-22-10-9-18(3)19(4)15-22/h9-15,20,24H,7-8,16-17H2,1-6H3,(H,27,30)/t20-,24+/m1/s1. The summed E-state index contributed by atoms with van der Waals surface area (Å²) in [6.45, 7) is 10.4. The lowest BCUT2D eigenvalue weighted by atomic mass is 10.0. The zero-order valence-electron chi connectivity index (χ0n) is 19.7. The fourth-order valence-electron chi connectivity index (χ4n) is 3.48. The van der Waals surface area contributed by atoms with Gasteiger partial charge in [0.1, 0.15) is 11.8 Å². The molecule has 2 rings (SSSR count). The third-order valence-corrected chi connectivity index (χ3v) is 5.83. The Kier molecular flexibility index (Phi) is 9.10. The minimum atomic E-state index is -0.518. The highest BCUT2D eigenvalue weighted by Crippen LogP contribution is 2.18. The van der Waals surface area contributed by atoms with Gasteiger partial charge in [-0.05, 0) is 68.0 Å². The fourth-order valence-corrected chi connectivity index (χ4v) is 3.48. The van der Waals surface area contributed by atoms with Crippen LogP contribution in [0.2, 0.25) is 0 Å². The maximum atomic E-state index is 13.4. The number of carbonyl (C=O) groups is 2. The number of methoxy groups -OCH3 is 1. The van der Waals surface area contributed by atoms with Crippen molar-refractivity contribution < 1.29 is 14.3 Å². The number of nitrogens with zero attached hydrogens (tertiary/aromatic N) is 1. The van der Waals surface area contributed by atoms with Crippen LogP contribution in [0, 0.1) is 13.8 Å². The summed E-state index contributed by atoms with van der Waals surface area (Å²) in [6, 6.07) is 13.3. The molecule has 5 nitrogen and oxygen atoms in total. The molecule has 168 valence electrons. The predicted molar refractivity (Wildman–Crippen MR) is 125 cm³/mol. The summed E-state index contributed by atoms with van der Waals surface area (Å²) in [5, 5.41) is 3.05. The van der Waals surface area contributed by atoms with Gasteiger partial charge in [0, 0.05) is 12.6 Å². The lowest BCUT2D eigenvalue weighted by molar-refractivity contribution is -0.141. The van der Waals surface area contributed by atoms with Gasteiger partial charge >= 0.3 is 0 Å². The van der Waals surface area contributed by atoms with Crippen LogP contribution in [0.25, 0.3) is 0 Å². The molecule has 1 N–H and O–H groups in total. The highest BCUT2D eigenvalue weighted by molar-refractivity contribution is 5.88. The van der Waals surface area contributed by atoms with Gasteiger partial charge in [-0.15, -0.1) is 0 Å². The number of aryl methyl sites for hydroxylation is 2. The first-order chi connectivity index (χ1) is 14.8. The molecule has 0 spiro atoms. The van der Waals surface area contributed by atoms with E-state index in [0.29, 0.717) is 13.0 Å². The lowest BCUT2D eigenvalue weighted by Crippen LogP contribution is -2.51. The first kappa shape index (κ1) is 24.4. The van der Waals surface area contributed by atoms with Gasteiger partial charge < -0.3 is 15.0 Å². The Hall–Kier alpha value is -2.82. The van der Waals surface area contributed by atoms with E-state index in [1.54, 1.807) is 12.0 Å². The van der Waals surface area contributed by atoms with Crippen LogP contribution >= 0.6 is 0 Å². The van der Waals surface area contributed by atoms with Crippen LogP contribution in [0.4, 0.5) is 0 Å². The Bertz CT molecular complexity index is 877. The molecule has 0 heterocycles. The number of nitrogens with one attached hydrogen (secondary N) is 1. The number of hydrogen-bond acceptors (Lipinski definition) is 3. The molecule has 2 atom stereocenters. The monoisotopic (exact) mass is 424 g/mol. The summed E-state index contributed by atoms with van der Waals surface area (Å²) in [5.41, 5.74) is 4.29. The maximum Gasteiger partial charge on any atom is 0.243 e. The van der Waals surface area contributed by atoms with Crippen molar-refractivity contribution in [3.05, 3.63) is 64.7 Å². The number of hydrogen-bond donors (Lipinski definition) is 1. The molecule has 2 aromatic rings. The second-order valence-electron chi connectivity index (χ2n) is 8.21. The molecule has 0 aliphatic heterocycles. The Balaban J connectivity index is 2.30. The molecule has 0 saturated heterocycles. The van der Waals surface area contributed by atoms with Gasteiger partial charge in [0.05, 0.1) is 13.5 Å². The van der Waals surface area contributed by atoms with E-state index in [9.17, 15) is 9.59 Å². The van der Waals surface area contributed by atoms with Crippen LogP contribution in [-0.2, 0) is 22.6 Å². The second-order valence-corrected chi connectivity index (χ2v) is 8.21. The van der Waals surface area contributed by atoms with Crippen molar-refractivity contribution in [1.29, 1.82) is 0 Å². The van der Waals surface area contributed by atoms with Crippen molar-refractivity contribution in [2.24, 2.45) is 0 Å². The number of carbonyl (C=O) groups excluding carboxylic acids is 2. The van der Waals surface area contributed by atoms with Crippen LogP contribution in [0.15, 0.2) is 42.5 Å². The third kappa shape index (κ3) is 6.84. The molecule has 2 aromatic carbocycles. The van der Waals surface area contributed by atoms with E-state index in [-0.39, 0.29) is 24.3 Å². The van der Waals surface area contributed by atoms with E-state index in [4.69, 9.17) is 4.74 Å². The smallest absolute Gasteiger partial charge is 0.243 e. The summed E-state index contributed by atoms with van der Waals surface area (Å²) in [5.74, 6) is 0.613. The largest absolute Gasteiger partial charge is 0.497 e. The number of ether oxygens (including phenoxy) is 1. The van der Waals surface area contributed by atoms with E-state index in [0.717, 1.165) is 28.9 Å². The molecule has 2 amide bonds. The Morgan fingerprint density at radius 2 is 1.61 bits per heavy atom. The zero-order valence-corrected chi connectivity index (χ0v) is 19.7. The van der Waals surface area contributed by atoms with Crippen molar-refractivity contribution in [3.8, 4) is 5.75 Å². The van der Waals surface area contributed by atoms with E-state index in [2.05, 4.69) is 18.3 Å². The lowest BCUT2D eigenvalue weighted by Gasteiger charge is -2.31. The normalized spacial score (nSPS) is 12.7. The summed E-state index contributed by atoms with van der Waals surface area (Å²) in [7, 11) is 1.63. The van der Waals surface area contributed by atoms with E-state index >= 15 is 0 Å². The Morgan fingerprint density at radius 3 is 2.16 bits per heavy atom. The molecule has 0 unspecified atom stereocenters. The van der Waals surface area contributed by atoms with Crippen molar-refractivity contribution >= 4 is 11.8 Å². The second kappa shape index (κ2) is 11.5. The molecule has 0 radical (unpaired) electrons. The van der Waals surface area contributed by atoms with Crippen LogP contribution < -0.4 is 10.1 Å². The van der Waals surface area contributed by atoms with Crippen molar-refractivity contribution in [2.75, 3.05) is 7.11 Å². The van der Waals surface area contributed by atoms with E-state index in [1.165, 1.54) is 5.56 Å². The van der Waals surface area contributed by atoms with E-state index < -0.39 is 6.04 Å². The molecule has 31 heavy (non-hydrogen) atoms. The average Bonchev–Trinajstić information content (AvgIpc) is 2.76. The van der Waals surface area contributed by atoms with Gasteiger partial charge in [-0.1, -0.05) is 44.2 Å². The molecular weight excluding hydrogens is 388 g/mol. The summed E-state index contributed by atoms with van der Waals surface area (Å²) >= 11 is 0. The van der Waals surface area contributed by atoms with Gasteiger partial charge in [-0.2, -0.15) is 0 Å². The molecule has 0 aromatic heterocycles. The zero-order chi connectivity index (χ0) is 23.0. The number of benzene rings is 2. The summed E-state index contributed by atoms with van der Waals surface area (Å²) in [4.78, 5) is 28.1. The highest BCUT2D eigenvalue weighted by Gasteiger charge is 2.29. The predicted octanol–water partition coefficient (Wildman–Crippen LogP) is 4.58. The first-order valence-electron chi connectivity index (χ1n) is 11.1. The molecule has 0 aliphatic rings. The Labute approximate surface area is 186 Å². The van der Waals surface area contributed by atoms with Crippen molar-refractivity contribution in [1.82, 2.24) is 10.2 Å². The summed E-state index contributed by atoms with van der Waals surface area (Å²) < 4.78 is 5.24. The van der Waals surface area contributed by atoms with Crippen LogP contribution in [0.5, 0.6) is 5.75 Å². The van der Waals surface area contributed by atoms with Crippen LogP contribution in [-0.4, -0.2) is 35.9 Å². The van der Waals surface area contributed by atoms with Crippen molar-refractivity contribution in [2.45, 2.75) is 72.5 Å². The van der Waals surface area contributed by atoms with Gasteiger partial charge in [0.2, 0.25) is 11.8 Å². The number of rotatable bonds is 10. The fraction of sp³-hybridized carbons (Fsp3) is 0.462. The highest BCUT2D eigenvalue weighted by atomic mass is 16.5. The van der Waals surface area contributed by atoms with Gasteiger partial charge in [0.25, 0.3) is 0 Å². The quantitative estimate of drug-likeness (QED) is 0.607. The Morgan fingerprint density at radius 1 is 0.968 bits per heavy atom. The SMILES string of the molecule is CC[C@@H](C)NC(=O)[C@H](CC)N(Cc1ccc(OC)cc1)C(=O)Cc1ccc(C)c(C)c1. The molecule has 0 fully saturated rings. The summed E-state index contributed by atoms with van der Waals surface area (Å²) in [6.07, 6.45) is 1.67. The van der Waals surface area contributed by atoms with Crippen LogP contribution in [0.1, 0.15) is 55.9 Å². The average molecular weight is 425 g/mol. The van der Waals surface area contributed by atoms with Gasteiger partial charge in [-0.25, -0.2) is 0 Å². The van der Waals surface area contributed by atoms with Crippen molar-refractivity contribution in [3.63, 3.8) is 0 Å². The molecule has 0 saturated carbocycles. The molecule has 0 bridgehead atoms. The minimum absolute atomic E-state index is 0.0507. The molecule has 0 aliphatic carbocycles. The molecular formula is C26H36N2O3. The first-order valence-corrected chi connectivity index (χ1v) is 11.1. The molecule has 5 heteroatoms. The van der Waals surface area contributed by atoms with Gasteiger partial charge in [-0.3, -0.25) is 9.59 Å². The van der Waals surface area contributed by atoms with Gasteiger partial charge in [0.15, 0.2) is 0 Å². The minimum Gasteiger partial charge on any atom is -0.497 e. The van der Waals surface area contributed by atoms with E-state index in [1.807, 2.05) is 64.1 Å². The third-order valence-electron chi connectivity index (χ3n) is 5.83. The van der Waals surface area contributed by atoms with Crippen LogP contribution in [0.3, 0.4) is 0 Å².